The van der Waals surface area contributed by atoms with Crippen LogP contribution in [0.25, 0.3) is 0 Å². The molecule has 0 aromatic heterocycles. The van der Waals surface area contributed by atoms with Crippen LogP contribution in [-0.4, -0.2) is 39.3 Å². The van der Waals surface area contributed by atoms with E-state index in [1.165, 1.54) is 26.2 Å². The lowest BCUT2D eigenvalue weighted by atomic mass is 10.2. The summed E-state index contributed by atoms with van der Waals surface area (Å²) in [5.41, 5.74) is 0.828. The van der Waals surface area contributed by atoms with E-state index in [1.807, 2.05) is 6.07 Å². The Labute approximate surface area is 156 Å². The van der Waals surface area contributed by atoms with E-state index in [2.05, 4.69) is 21.2 Å². The number of halogens is 1. The van der Waals surface area contributed by atoms with Gasteiger partial charge >= 0.3 is 0 Å². The fourth-order valence-electron chi connectivity index (χ4n) is 2.09. The topological polar surface area (TPSA) is 75.7 Å². The summed E-state index contributed by atoms with van der Waals surface area (Å²) in [5, 5.41) is 2.71. The predicted molar refractivity (Wildman–Crippen MR) is 101 cm³/mol. The molecule has 0 bridgehead atoms. The summed E-state index contributed by atoms with van der Waals surface area (Å²) in [4.78, 5) is 12.4. The smallest absolute Gasteiger partial charge is 0.255 e. The molecule has 134 valence electrons. The Kier molecular flexibility index (Phi) is 6.21. The second-order valence-corrected chi connectivity index (χ2v) is 8.38. The van der Waals surface area contributed by atoms with Crippen LogP contribution in [0.1, 0.15) is 17.3 Å². The average Bonchev–Trinajstić information content (AvgIpc) is 2.56. The highest BCUT2D eigenvalue weighted by Crippen LogP contribution is 2.29. The third kappa shape index (κ3) is 4.59. The van der Waals surface area contributed by atoms with Crippen LogP contribution in [0.4, 0.5) is 5.69 Å². The van der Waals surface area contributed by atoms with Crippen molar-refractivity contribution in [1.29, 1.82) is 0 Å². The molecule has 2 aromatic carbocycles. The maximum atomic E-state index is 12.5. The van der Waals surface area contributed by atoms with Gasteiger partial charge in [-0.3, -0.25) is 4.79 Å². The zero-order chi connectivity index (χ0) is 18.6. The van der Waals surface area contributed by atoms with Gasteiger partial charge in [-0.25, -0.2) is 12.7 Å². The molecular formula is C17H19BrN2O4S. The first-order chi connectivity index (χ1) is 11.8. The summed E-state index contributed by atoms with van der Waals surface area (Å²) in [6, 6.07) is 11.5. The van der Waals surface area contributed by atoms with Crippen LogP contribution in [0.2, 0.25) is 0 Å². The SMILES string of the molecule is CCOc1ccc(NC(=O)c2cccc(Br)c2)cc1S(=O)(=O)N(C)C. The summed E-state index contributed by atoms with van der Waals surface area (Å²) < 4.78 is 32.3. The number of hydrogen-bond donors (Lipinski definition) is 1. The number of nitrogens with zero attached hydrogens (tertiary/aromatic N) is 1. The summed E-state index contributed by atoms with van der Waals surface area (Å²) >= 11 is 3.31. The molecule has 0 saturated heterocycles. The summed E-state index contributed by atoms with van der Waals surface area (Å²) in [7, 11) is -0.825. The van der Waals surface area contributed by atoms with Crippen molar-refractivity contribution in [3.63, 3.8) is 0 Å². The number of benzene rings is 2. The van der Waals surface area contributed by atoms with Crippen molar-refractivity contribution in [1.82, 2.24) is 4.31 Å². The van der Waals surface area contributed by atoms with Crippen molar-refractivity contribution in [3.05, 3.63) is 52.5 Å². The van der Waals surface area contributed by atoms with E-state index in [0.29, 0.717) is 17.9 Å². The van der Waals surface area contributed by atoms with E-state index in [0.717, 1.165) is 8.78 Å². The molecule has 25 heavy (non-hydrogen) atoms. The largest absolute Gasteiger partial charge is 0.492 e. The highest BCUT2D eigenvalue weighted by Gasteiger charge is 2.23. The summed E-state index contributed by atoms with van der Waals surface area (Å²) in [6.07, 6.45) is 0. The van der Waals surface area contributed by atoms with E-state index < -0.39 is 10.0 Å². The Morgan fingerprint density at radius 2 is 1.92 bits per heavy atom. The summed E-state index contributed by atoms with van der Waals surface area (Å²) in [5.74, 6) is -0.0877. The Morgan fingerprint density at radius 1 is 1.20 bits per heavy atom. The third-order valence-electron chi connectivity index (χ3n) is 3.35. The predicted octanol–water partition coefficient (Wildman–Crippen LogP) is 3.35. The van der Waals surface area contributed by atoms with Gasteiger partial charge in [0.1, 0.15) is 10.6 Å². The lowest BCUT2D eigenvalue weighted by Crippen LogP contribution is -2.23. The van der Waals surface area contributed by atoms with E-state index in [4.69, 9.17) is 4.74 Å². The fraction of sp³-hybridized carbons (Fsp3) is 0.235. The van der Waals surface area contributed by atoms with Crippen molar-refractivity contribution in [3.8, 4) is 5.75 Å². The van der Waals surface area contributed by atoms with E-state index in [-0.39, 0.29) is 16.6 Å². The molecule has 8 heteroatoms. The number of sulfonamides is 1. The van der Waals surface area contributed by atoms with Gasteiger partial charge < -0.3 is 10.1 Å². The minimum atomic E-state index is -3.71. The van der Waals surface area contributed by atoms with Crippen molar-refractivity contribution in [2.75, 3.05) is 26.0 Å². The molecular weight excluding hydrogens is 408 g/mol. The number of anilines is 1. The minimum absolute atomic E-state index is 0.00592. The van der Waals surface area contributed by atoms with Crippen LogP contribution in [0.3, 0.4) is 0 Å². The lowest BCUT2D eigenvalue weighted by Gasteiger charge is -2.16. The molecule has 6 nitrogen and oxygen atoms in total. The molecule has 0 aliphatic rings. The molecule has 1 amide bonds. The first-order valence-electron chi connectivity index (χ1n) is 7.52. The first-order valence-corrected chi connectivity index (χ1v) is 9.75. The average molecular weight is 427 g/mol. The molecule has 2 rings (SSSR count). The number of hydrogen-bond acceptors (Lipinski definition) is 4. The van der Waals surface area contributed by atoms with Gasteiger partial charge in [0.05, 0.1) is 6.61 Å². The molecule has 0 unspecified atom stereocenters. The highest BCUT2D eigenvalue weighted by atomic mass is 79.9. The molecule has 0 aliphatic carbocycles. The van der Waals surface area contributed by atoms with Gasteiger partial charge in [-0.2, -0.15) is 0 Å². The fourth-order valence-corrected chi connectivity index (χ4v) is 3.54. The number of nitrogens with one attached hydrogen (secondary N) is 1. The van der Waals surface area contributed by atoms with Gasteiger partial charge in [0.2, 0.25) is 10.0 Å². The maximum Gasteiger partial charge on any atom is 0.255 e. The van der Waals surface area contributed by atoms with Gasteiger partial charge in [0.15, 0.2) is 0 Å². The Balaban J connectivity index is 2.38. The molecule has 0 fully saturated rings. The van der Waals surface area contributed by atoms with Crippen molar-refractivity contribution >= 4 is 37.5 Å². The standard InChI is InChI=1S/C17H19BrN2O4S/c1-4-24-15-9-8-14(11-16(15)25(22,23)20(2)3)19-17(21)12-6-5-7-13(18)10-12/h5-11H,4H2,1-3H3,(H,19,21). The van der Waals surface area contributed by atoms with Gasteiger partial charge in [-0.05, 0) is 43.3 Å². The van der Waals surface area contributed by atoms with Crippen LogP contribution in [-0.2, 0) is 10.0 Å². The zero-order valence-corrected chi connectivity index (χ0v) is 16.5. The van der Waals surface area contributed by atoms with Crippen LogP contribution in [0, 0.1) is 0 Å². The quantitative estimate of drug-likeness (QED) is 0.767. The second-order valence-electron chi connectivity index (χ2n) is 5.35. The van der Waals surface area contributed by atoms with Crippen LogP contribution >= 0.6 is 15.9 Å². The zero-order valence-electron chi connectivity index (χ0n) is 14.1. The normalized spacial score (nSPS) is 11.4. The van der Waals surface area contributed by atoms with Crippen molar-refractivity contribution in [2.45, 2.75) is 11.8 Å². The van der Waals surface area contributed by atoms with Gasteiger partial charge in [0.25, 0.3) is 5.91 Å². The van der Waals surface area contributed by atoms with Crippen LogP contribution in [0.5, 0.6) is 5.75 Å². The Bertz CT molecular complexity index is 882. The number of rotatable bonds is 6. The van der Waals surface area contributed by atoms with Crippen molar-refractivity contribution < 1.29 is 17.9 Å². The molecule has 0 radical (unpaired) electrons. The molecule has 2 aromatic rings. The Morgan fingerprint density at radius 3 is 2.52 bits per heavy atom. The Hall–Kier alpha value is -1.90. The maximum absolute atomic E-state index is 12.5. The minimum Gasteiger partial charge on any atom is -0.492 e. The number of carbonyl (C=O) groups is 1. The number of carbonyl (C=O) groups excluding carboxylic acids is 1. The van der Waals surface area contributed by atoms with Gasteiger partial charge in [0, 0.05) is 29.8 Å². The summed E-state index contributed by atoms with van der Waals surface area (Å²) in [6.45, 7) is 2.11. The molecule has 0 spiro atoms. The molecule has 1 N–H and O–H groups in total. The number of ether oxygens (including phenoxy) is 1. The van der Waals surface area contributed by atoms with E-state index >= 15 is 0 Å². The number of amides is 1. The van der Waals surface area contributed by atoms with E-state index in [9.17, 15) is 13.2 Å². The van der Waals surface area contributed by atoms with E-state index in [1.54, 1.807) is 31.2 Å². The first kappa shape index (κ1) is 19.4. The highest BCUT2D eigenvalue weighted by molar-refractivity contribution is 9.10. The molecule has 0 atom stereocenters. The lowest BCUT2D eigenvalue weighted by molar-refractivity contribution is 0.102. The van der Waals surface area contributed by atoms with Crippen LogP contribution in [0.15, 0.2) is 51.8 Å². The molecule has 0 aliphatic heterocycles. The van der Waals surface area contributed by atoms with Crippen LogP contribution < -0.4 is 10.1 Å². The third-order valence-corrected chi connectivity index (χ3v) is 5.68. The molecule has 0 saturated carbocycles. The molecule has 0 heterocycles. The second kappa shape index (κ2) is 7.99. The van der Waals surface area contributed by atoms with Gasteiger partial charge in [-0.15, -0.1) is 0 Å². The van der Waals surface area contributed by atoms with Gasteiger partial charge in [-0.1, -0.05) is 22.0 Å². The van der Waals surface area contributed by atoms with Crippen molar-refractivity contribution in [2.24, 2.45) is 0 Å². The monoisotopic (exact) mass is 426 g/mol.